The summed E-state index contributed by atoms with van der Waals surface area (Å²) in [6.45, 7) is 5.66. The Kier molecular flexibility index (Phi) is 5.94. The summed E-state index contributed by atoms with van der Waals surface area (Å²) in [5, 5.41) is 13.5. The van der Waals surface area contributed by atoms with Crippen molar-refractivity contribution in [3.8, 4) is 0 Å². The van der Waals surface area contributed by atoms with Crippen LogP contribution in [0.5, 0.6) is 0 Å². The quantitative estimate of drug-likeness (QED) is 0.809. The molecule has 144 valence electrons. The zero-order valence-corrected chi connectivity index (χ0v) is 15.4. The van der Waals surface area contributed by atoms with E-state index in [1.54, 1.807) is 13.8 Å². The van der Waals surface area contributed by atoms with Gasteiger partial charge in [0, 0.05) is 6.92 Å². The molecule has 0 bridgehead atoms. The Balaban J connectivity index is 1.66. The van der Waals surface area contributed by atoms with E-state index in [4.69, 9.17) is 18.9 Å². The molecule has 0 aliphatic carbocycles. The van der Waals surface area contributed by atoms with Gasteiger partial charge in [0.05, 0.1) is 13.2 Å². The molecule has 1 amide bonds. The highest BCUT2D eigenvalue weighted by atomic mass is 16.8. The van der Waals surface area contributed by atoms with E-state index in [9.17, 15) is 9.90 Å². The summed E-state index contributed by atoms with van der Waals surface area (Å²) in [7, 11) is 0. The second kappa shape index (κ2) is 8.02. The van der Waals surface area contributed by atoms with Crippen LogP contribution in [0.2, 0.25) is 0 Å². The topological polar surface area (TPSA) is 86.3 Å². The average Bonchev–Trinajstić information content (AvgIpc) is 2.59. The first-order valence-electron chi connectivity index (χ1n) is 8.94. The zero-order valence-electron chi connectivity index (χ0n) is 15.4. The van der Waals surface area contributed by atoms with Crippen molar-refractivity contribution in [1.82, 2.24) is 5.32 Å². The summed E-state index contributed by atoms with van der Waals surface area (Å²) in [4.78, 5) is 11.6. The molecule has 26 heavy (non-hydrogen) atoms. The minimum absolute atomic E-state index is 0.265. The number of carbonyl (C=O) groups excluding carboxylic acids is 1. The Bertz CT molecular complexity index is 607. The minimum atomic E-state index is -0.956. The zero-order chi connectivity index (χ0) is 18.7. The highest BCUT2D eigenvalue weighted by molar-refractivity contribution is 5.73. The third-order valence-corrected chi connectivity index (χ3v) is 4.57. The van der Waals surface area contributed by atoms with Crippen molar-refractivity contribution in [2.24, 2.45) is 0 Å². The molecule has 1 aromatic rings. The molecule has 2 heterocycles. The van der Waals surface area contributed by atoms with Gasteiger partial charge in [0.2, 0.25) is 5.91 Å². The molecule has 7 nitrogen and oxygen atoms in total. The monoisotopic (exact) mass is 365 g/mol. The fraction of sp³-hybridized carbons (Fsp3) is 0.632. The number of hydrogen-bond donors (Lipinski definition) is 2. The fourth-order valence-corrected chi connectivity index (χ4v) is 3.31. The number of aliphatic hydroxyl groups excluding tert-OH is 1. The maximum absolute atomic E-state index is 11.6. The lowest BCUT2D eigenvalue weighted by Crippen LogP contribution is -2.68. The third kappa shape index (κ3) is 4.61. The lowest BCUT2D eigenvalue weighted by atomic mass is 9.95. The predicted molar refractivity (Wildman–Crippen MR) is 93.3 cm³/mol. The molecule has 2 aliphatic heterocycles. The molecule has 2 fully saturated rings. The van der Waals surface area contributed by atoms with Gasteiger partial charge in [0.25, 0.3) is 0 Å². The van der Waals surface area contributed by atoms with Gasteiger partial charge >= 0.3 is 0 Å². The van der Waals surface area contributed by atoms with Crippen LogP contribution in [0.25, 0.3) is 0 Å². The number of nitrogens with one attached hydrogen (secondary N) is 1. The first-order chi connectivity index (χ1) is 12.4. The van der Waals surface area contributed by atoms with Gasteiger partial charge in [-0.25, -0.2) is 0 Å². The summed E-state index contributed by atoms with van der Waals surface area (Å²) in [6.07, 6.45) is -2.07. The van der Waals surface area contributed by atoms with Gasteiger partial charge in [-0.1, -0.05) is 30.3 Å². The second-order valence-electron chi connectivity index (χ2n) is 7.16. The summed E-state index contributed by atoms with van der Waals surface area (Å²) in [5.41, 5.74) is 1.14. The standard InChI is InChI=1S/C19H27NO6/c1-12(21)20-15-16(22)17-14(11-24-19(2,3)26-17)25-18(15)23-10-9-13-7-5-4-6-8-13/h4-8,14-18,22H,9-11H2,1-3H3,(H,20,21)/t14-,15-,16+,17-,18+/m1/s1. The Labute approximate surface area is 153 Å². The molecule has 2 N–H and O–H groups in total. The van der Waals surface area contributed by atoms with E-state index in [-0.39, 0.29) is 5.91 Å². The first kappa shape index (κ1) is 19.3. The lowest BCUT2D eigenvalue weighted by Gasteiger charge is -2.49. The molecule has 0 spiro atoms. The van der Waals surface area contributed by atoms with Gasteiger partial charge in [0.1, 0.15) is 24.4 Å². The smallest absolute Gasteiger partial charge is 0.217 e. The number of carbonyl (C=O) groups is 1. The Morgan fingerprint density at radius 1 is 1.35 bits per heavy atom. The number of fused-ring (bicyclic) bond motifs is 1. The van der Waals surface area contributed by atoms with Crippen molar-refractivity contribution in [1.29, 1.82) is 0 Å². The minimum Gasteiger partial charge on any atom is -0.388 e. The van der Waals surface area contributed by atoms with Crippen LogP contribution in [0.1, 0.15) is 26.3 Å². The molecular weight excluding hydrogens is 338 g/mol. The molecule has 0 aromatic heterocycles. The van der Waals surface area contributed by atoms with Crippen LogP contribution < -0.4 is 5.32 Å². The second-order valence-corrected chi connectivity index (χ2v) is 7.16. The van der Waals surface area contributed by atoms with E-state index in [1.165, 1.54) is 6.92 Å². The van der Waals surface area contributed by atoms with Gasteiger partial charge < -0.3 is 29.4 Å². The summed E-state index contributed by atoms with van der Waals surface area (Å²) >= 11 is 0. The number of aliphatic hydroxyl groups is 1. The maximum Gasteiger partial charge on any atom is 0.217 e. The van der Waals surface area contributed by atoms with Crippen LogP contribution in [0.15, 0.2) is 30.3 Å². The molecular formula is C19H27NO6. The molecule has 3 rings (SSSR count). The van der Waals surface area contributed by atoms with Crippen LogP contribution in [-0.4, -0.2) is 60.7 Å². The van der Waals surface area contributed by atoms with E-state index in [1.807, 2.05) is 30.3 Å². The normalized spacial score (nSPS) is 33.3. The maximum atomic E-state index is 11.6. The van der Waals surface area contributed by atoms with Crippen LogP contribution in [0.3, 0.4) is 0 Å². The van der Waals surface area contributed by atoms with Crippen molar-refractivity contribution in [3.05, 3.63) is 35.9 Å². The van der Waals surface area contributed by atoms with Crippen LogP contribution in [-0.2, 0) is 30.2 Å². The van der Waals surface area contributed by atoms with E-state index in [0.717, 1.165) is 5.56 Å². The number of benzene rings is 1. The van der Waals surface area contributed by atoms with Crippen LogP contribution >= 0.6 is 0 Å². The SMILES string of the molecule is CC(=O)N[C@H]1[C@@H](OCCc2ccccc2)O[C@@H]2COC(C)(C)O[C@H]2[C@H]1O. The van der Waals surface area contributed by atoms with Crippen molar-refractivity contribution < 1.29 is 28.8 Å². The predicted octanol–water partition coefficient (Wildman–Crippen LogP) is 0.988. The van der Waals surface area contributed by atoms with Gasteiger partial charge in [-0.2, -0.15) is 0 Å². The van der Waals surface area contributed by atoms with E-state index in [0.29, 0.717) is 19.6 Å². The average molecular weight is 365 g/mol. The van der Waals surface area contributed by atoms with Crippen molar-refractivity contribution in [3.63, 3.8) is 0 Å². The number of ether oxygens (including phenoxy) is 4. The van der Waals surface area contributed by atoms with Crippen LogP contribution in [0.4, 0.5) is 0 Å². The van der Waals surface area contributed by atoms with Gasteiger partial charge in [-0.15, -0.1) is 0 Å². The molecule has 0 radical (unpaired) electrons. The van der Waals surface area contributed by atoms with Crippen molar-refractivity contribution in [2.45, 2.75) is 63.6 Å². The molecule has 0 saturated carbocycles. The number of hydrogen-bond acceptors (Lipinski definition) is 6. The molecule has 5 atom stereocenters. The molecule has 1 aromatic carbocycles. The van der Waals surface area contributed by atoms with E-state index < -0.39 is 36.4 Å². The Morgan fingerprint density at radius 3 is 2.77 bits per heavy atom. The highest BCUT2D eigenvalue weighted by Crippen LogP contribution is 2.32. The highest BCUT2D eigenvalue weighted by Gasteiger charge is 2.51. The van der Waals surface area contributed by atoms with Crippen LogP contribution in [0, 0.1) is 0 Å². The first-order valence-corrected chi connectivity index (χ1v) is 8.94. The fourth-order valence-electron chi connectivity index (χ4n) is 3.31. The lowest BCUT2D eigenvalue weighted by molar-refractivity contribution is -0.368. The van der Waals surface area contributed by atoms with Crippen molar-refractivity contribution >= 4 is 5.91 Å². The molecule has 0 unspecified atom stereocenters. The summed E-state index contributed by atoms with van der Waals surface area (Å²) in [5.74, 6) is -1.08. The number of amides is 1. The Morgan fingerprint density at radius 2 is 2.08 bits per heavy atom. The molecule has 2 aliphatic rings. The van der Waals surface area contributed by atoms with Crippen molar-refractivity contribution in [2.75, 3.05) is 13.2 Å². The third-order valence-electron chi connectivity index (χ3n) is 4.57. The van der Waals surface area contributed by atoms with Gasteiger partial charge in [-0.05, 0) is 25.8 Å². The summed E-state index contributed by atoms with van der Waals surface area (Å²) < 4.78 is 23.3. The Hall–Kier alpha value is -1.51. The van der Waals surface area contributed by atoms with E-state index in [2.05, 4.69) is 5.32 Å². The number of rotatable bonds is 5. The summed E-state index contributed by atoms with van der Waals surface area (Å²) in [6, 6.07) is 9.23. The molecule has 7 heteroatoms. The molecule has 2 saturated heterocycles. The van der Waals surface area contributed by atoms with Gasteiger partial charge in [-0.3, -0.25) is 4.79 Å². The van der Waals surface area contributed by atoms with Gasteiger partial charge in [0.15, 0.2) is 12.1 Å². The van der Waals surface area contributed by atoms with E-state index >= 15 is 0 Å². The largest absolute Gasteiger partial charge is 0.388 e.